The van der Waals surface area contributed by atoms with Crippen molar-refractivity contribution in [2.75, 3.05) is 7.05 Å². The Hall–Kier alpha value is -0.620. The third-order valence-electron chi connectivity index (χ3n) is 1.37. The molecule has 0 spiro atoms. The van der Waals surface area contributed by atoms with E-state index < -0.39 is 22.2 Å². The second kappa shape index (κ2) is 1.93. The summed E-state index contributed by atoms with van der Waals surface area (Å²) in [6.45, 7) is 1.50. The van der Waals surface area contributed by atoms with Crippen LogP contribution in [0.25, 0.3) is 0 Å². The topological polar surface area (TPSA) is 66.5 Å². The van der Waals surface area contributed by atoms with Crippen LogP contribution >= 0.6 is 0 Å². The van der Waals surface area contributed by atoms with Crippen molar-refractivity contribution in [3.05, 3.63) is 0 Å². The molecule has 0 unspecified atom stereocenters. The highest BCUT2D eigenvalue weighted by Crippen LogP contribution is 2.07. The van der Waals surface area contributed by atoms with Gasteiger partial charge in [-0.15, -0.1) is 0 Å². The zero-order chi connectivity index (χ0) is 7.94. The van der Waals surface area contributed by atoms with Crippen molar-refractivity contribution < 1.29 is 13.2 Å². The minimum Gasteiger partial charge on any atom is -0.272 e. The Balaban J connectivity index is 3.04. The van der Waals surface area contributed by atoms with Crippen LogP contribution in [0.5, 0.6) is 0 Å². The van der Waals surface area contributed by atoms with Crippen LogP contribution in [-0.4, -0.2) is 31.7 Å². The van der Waals surface area contributed by atoms with Gasteiger partial charge < -0.3 is 0 Å². The molecular formula is C4H8N2O3S. The highest BCUT2D eigenvalue weighted by atomic mass is 32.2. The third kappa shape index (κ3) is 0.889. The first kappa shape index (κ1) is 7.49. The summed E-state index contributed by atoms with van der Waals surface area (Å²) in [5, 5.41) is 0. The first-order chi connectivity index (χ1) is 4.45. The highest BCUT2D eigenvalue weighted by Gasteiger charge is 2.37. The van der Waals surface area contributed by atoms with Gasteiger partial charge in [-0.25, -0.2) is 4.31 Å². The predicted octanol–water partition coefficient (Wildman–Crippen LogP) is -1.32. The summed E-state index contributed by atoms with van der Waals surface area (Å²) < 4.78 is 24.4. The number of carbonyl (C=O) groups is 1. The van der Waals surface area contributed by atoms with Gasteiger partial charge >= 0.3 is 10.2 Å². The molecule has 0 radical (unpaired) electrons. The summed E-state index contributed by atoms with van der Waals surface area (Å²) in [6.07, 6.45) is 0. The molecule has 1 atom stereocenters. The maximum absolute atomic E-state index is 10.8. The second-order valence-corrected chi connectivity index (χ2v) is 3.88. The lowest BCUT2D eigenvalue weighted by Gasteiger charge is -2.03. The molecule has 1 saturated heterocycles. The van der Waals surface area contributed by atoms with E-state index >= 15 is 0 Å². The van der Waals surface area contributed by atoms with Gasteiger partial charge in [0.05, 0.1) is 0 Å². The van der Waals surface area contributed by atoms with Gasteiger partial charge in [0.25, 0.3) is 5.91 Å². The van der Waals surface area contributed by atoms with Crippen molar-refractivity contribution in [2.45, 2.75) is 13.0 Å². The number of amides is 1. The SMILES string of the molecule is C[C@@H]1NS(=O)(=O)N(C)C1=O. The minimum absolute atomic E-state index is 0.417. The van der Waals surface area contributed by atoms with E-state index in [0.29, 0.717) is 4.31 Å². The zero-order valence-corrected chi connectivity index (χ0v) is 6.47. The van der Waals surface area contributed by atoms with Gasteiger partial charge in [0.2, 0.25) is 0 Å². The lowest BCUT2D eigenvalue weighted by molar-refractivity contribution is -0.125. The molecule has 1 rings (SSSR count). The molecule has 0 saturated carbocycles. The Bertz CT molecular complexity index is 258. The standard InChI is InChI=1S/C4H8N2O3S/c1-3-4(7)6(2)10(8,9)5-3/h3,5H,1-2H3/t3-/m0/s1. The summed E-state index contributed by atoms with van der Waals surface area (Å²) in [5.41, 5.74) is 0. The van der Waals surface area contributed by atoms with Gasteiger partial charge in [0.15, 0.2) is 0 Å². The number of nitrogens with zero attached hydrogens (tertiary/aromatic N) is 1. The van der Waals surface area contributed by atoms with E-state index in [2.05, 4.69) is 4.72 Å². The summed E-state index contributed by atoms with van der Waals surface area (Å²) in [7, 11) is -2.26. The van der Waals surface area contributed by atoms with Gasteiger partial charge in [-0.2, -0.15) is 13.1 Å². The van der Waals surface area contributed by atoms with Gasteiger partial charge in [-0.1, -0.05) is 0 Å². The molecule has 0 aromatic heterocycles. The normalized spacial score (nSPS) is 31.2. The molecule has 58 valence electrons. The Morgan fingerprint density at radius 2 is 2.10 bits per heavy atom. The fraction of sp³-hybridized carbons (Fsp3) is 0.750. The Labute approximate surface area is 59.2 Å². The van der Waals surface area contributed by atoms with Crippen molar-refractivity contribution >= 4 is 16.1 Å². The van der Waals surface area contributed by atoms with E-state index in [9.17, 15) is 13.2 Å². The molecule has 0 aromatic rings. The molecule has 1 N–H and O–H groups in total. The molecule has 1 fully saturated rings. The largest absolute Gasteiger partial charge is 0.304 e. The van der Waals surface area contributed by atoms with Crippen molar-refractivity contribution in [1.82, 2.24) is 9.03 Å². The maximum atomic E-state index is 10.8. The predicted molar refractivity (Wildman–Crippen MR) is 34.3 cm³/mol. The van der Waals surface area contributed by atoms with Crippen LogP contribution in [0.1, 0.15) is 6.92 Å². The Morgan fingerprint density at radius 3 is 2.20 bits per heavy atom. The number of nitrogens with one attached hydrogen (secondary N) is 1. The fourth-order valence-electron chi connectivity index (χ4n) is 0.744. The van der Waals surface area contributed by atoms with Crippen LogP contribution in [0, 0.1) is 0 Å². The van der Waals surface area contributed by atoms with Crippen molar-refractivity contribution in [1.29, 1.82) is 0 Å². The van der Waals surface area contributed by atoms with E-state index in [4.69, 9.17) is 0 Å². The molecule has 10 heavy (non-hydrogen) atoms. The van der Waals surface area contributed by atoms with Crippen LogP contribution < -0.4 is 4.72 Å². The minimum atomic E-state index is -3.49. The lowest BCUT2D eigenvalue weighted by Crippen LogP contribution is -2.27. The monoisotopic (exact) mass is 164 g/mol. The van der Waals surface area contributed by atoms with E-state index in [1.165, 1.54) is 14.0 Å². The number of rotatable bonds is 0. The summed E-state index contributed by atoms with van der Waals surface area (Å²) in [4.78, 5) is 10.8. The Morgan fingerprint density at radius 1 is 1.60 bits per heavy atom. The van der Waals surface area contributed by atoms with Crippen LogP contribution in [0.4, 0.5) is 0 Å². The number of hydrogen-bond acceptors (Lipinski definition) is 3. The molecule has 6 heteroatoms. The van der Waals surface area contributed by atoms with Crippen LogP contribution in [0.2, 0.25) is 0 Å². The highest BCUT2D eigenvalue weighted by molar-refractivity contribution is 7.88. The molecule has 0 bridgehead atoms. The smallest absolute Gasteiger partial charge is 0.272 e. The van der Waals surface area contributed by atoms with E-state index in [-0.39, 0.29) is 0 Å². The van der Waals surface area contributed by atoms with Gasteiger partial charge in [0.1, 0.15) is 6.04 Å². The number of likely N-dealkylation sites (N-methyl/N-ethyl adjacent to an activating group) is 1. The average Bonchev–Trinajstić information content (AvgIpc) is 1.95. The summed E-state index contributed by atoms with van der Waals surface area (Å²) in [5.74, 6) is -0.417. The molecule has 0 aliphatic carbocycles. The molecular weight excluding hydrogens is 156 g/mol. The van der Waals surface area contributed by atoms with Crippen LogP contribution in [0.3, 0.4) is 0 Å². The molecule has 1 heterocycles. The van der Waals surface area contributed by atoms with Gasteiger partial charge in [0, 0.05) is 7.05 Å². The number of carbonyl (C=O) groups excluding carboxylic acids is 1. The average molecular weight is 164 g/mol. The summed E-state index contributed by atoms with van der Waals surface area (Å²) in [6, 6.07) is -0.616. The fourth-order valence-corrected chi connectivity index (χ4v) is 1.84. The van der Waals surface area contributed by atoms with Crippen LogP contribution in [-0.2, 0) is 15.0 Å². The Kier molecular flexibility index (Phi) is 1.44. The molecule has 0 aromatic carbocycles. The van der Waals surface area contributed by atoms with E-state index in [0.717, 1.165) is 0 Å². The zero-order valence-electron chi connectivity index (χ0n) is 5.66. The van der Waals surface area contributed by atoms with Gasteiger partial charge in [-0.3, -0.25) is 4.79 Å². The first-order valence-corrected chi connectivity index (χ1v) is 4.19. The quantitative estimate of drug-likeness (QED) is 0.483. The second-order valence-electron chi connectivity index (χ2n) is 2.15. The summed E-state index contributed by atoms with van der Waals surface area (Å²) >= 11 is 0. The van der Waals surface area contributed by atoms with Gasteiger partial charge in [-0.05, 0) is 6.92 Å². The van der Waals surface area contributed by atoms with Crippen molar-refractivity contribution in [3.63, 3.8) is 0 Å². The maximum Gasteiger partial charge on any atom is 0.304 e. The van der Waals surface area contributed by atoms with E-state index in [1.54, 1.807) is 0 Å². The first-order valence-electron chi connectivity index (χ1n) is 2.75. The molecule has 1 aliphatic heterocycles. The molecule has 1 amide bonds. The molecule has 5 nitrogen and oxygen atoms in total. The molecule has 1 aliphatic rings. The third-order valence-corrected chi connectivity index (χ3v) is 2.92. The van der Waals surface area contributed by atoms with E-state index in [1.807, 2.05) is 0 Å². The van der Waals surface area contributed by atoms with Crippen LogP contribution in [0.15, 0.2) is 0 Å². The van der Waals surface area contributed by atoms with Crippen molar-refractivity contribution in [2.24, 2.45) is 0 Å². The lowest BCUT2D eigenvalue weighted by atomic mass is 10.3. The van der Waals surface area contributed by atoms with Crippen molar-refractivity contribution in [3.8, 4) is 0 Å². The number of hydrogen-bond donors (Lipinski definition) is 1.